The van der Waals surface area contributed by atoms with Crippen LogP contribution in [-0.4, -0.2) is 51.3 Å². The Morgan fingerprint density at radius 2 is 2.05 bits per heavy atom. The molecule has 1 aliphatic heterocycles. The van der Waals surface area contributed by atoms with E-state index < -0.39 is 0 Å². The molecule has 118 valence electrons. The molecule has 0 aromatic heterocycles. The highest BCUT2D eigenvalue weighted by molar-refractivity contribution is 4.89. The molecule has 3 heteroatoms. The van der Waals surface area contributed by atoms with Crippen molar-refractivity contribution in [3.63, 3.8) is 0 Å². The number of rotatable bonds is 5. The van der Waals surface area contributed by atoms with E-state index in [1.54, 1.807) is 0 Å². The molecule has 3 nitrogen and oxygen atoms in total. The Morgan fingerprint density at radius 3 is 2.75 bits per heavy atom. The maximum Gasteiger partial charge on any atom is 0.0502 e. The fourth-order valence-electron chi connectivity index (χ4n) is 4.54. The van der Waals surface area contributed by atoms with Crippen LogP contribution in [0, 0.1) is 23.7 Å². The van der Waals surface area contributed by atoms with Gasteiger partial charge in [0.2, 0.25) is 0 Å². The normalized spacial score (nSPS) is 39.9. The number of nitrogens with zero attached hydrogens (tertiary/aromatic N) is 1. The molecule has 5 atom stereocenters. The van der Waals surface area contributed by atoms with Gasteiger partial charge in [0.05, 0.1) is 6.61 Å². The van der Waals surface area contributed by atoms with Crippen LogP contribution in [0.3, 0.4) is 0 Å². The molecule has 0 radical (unpaired) electrons. The number of hydrogen-bond donors (Lipinski definition) is 1. The molecule has 2 rings (SSSR count). The number of piperidine rings is 1. The molecule has 1 aliphatic carbocycles. The molecule has 2 aliphatic rings. The lowest BCUT2D eigenvalue weighted by atomic mass is 9.72. The van der Waals surface area contributed by atoms with Gasteiger partial charge in [0.15, 0.2) is 0 Å². The van der Waals surface area contributed by atoms with E-state index in [2.05, 4.69) is 31.1 Å². The number of likely N-dealkylation sites (tertiary alicyclic amines) is 1. The summed E-state index contributed by atoms with van der Waals surface area (Å²) in [6.07, 6.45) is 5.44. The second kappa shape index (κ2) is 7.77. The maximum atomic E-state index is 5.36. The number of methoxy groups -OCH3 is 1. The summed E-state index contributed by atoms with van der Waals surface area (Å²) in [7, 11) is 3.98. The van der Waals surface area contributed by atoms with Gasteiger partial charge in [0.25, 0.3) is 0 Å². The standard InChI is InChI=1S/C17H34N2O/c1-13-8-14(2)16(17(9-13)18-3)11-19-7-5-6-15(10-19)12-20-4/h13-18H,5-12H2,1-4H3. The summed E-state index contributed by atoms with van der Waals surface area (Å²) in [5.41, 5.74) is 0. The molecule has 20 heavy (non-hydrogen) atoms. The largest absolute Gasteiger partial charge is 0.384 e. The van der Waals surface area contributed by atoms with Crippen molar-refractivity contribution in [2.75, 3.05) is 40.4 Å². The minimum absolute atomic E-state index is 0.705. The van der Waals surface area contributed by atoms with Crippen LogP contribution in [0.5, 0.6) is 0 Å². The predicted molar refractivity (Wildman–Crippen MR) is 84.9 cm³/mol. The molecule has 1 saturated heterocycles. The third-order valence-corrected chi connectivity index (χ3v) is 5.52. The lowest BCUT2D eigenvalue weighted by Crippen LogP contribution is -2.50. The molecular formula is C17H34N2O. The Balaban J connectivity index is 1.89. The molecular weight excluding hydrogens is 248 g/mol. The molecule has 0 aromatic rings. The topological polar surface area (TPSA) is 24.5 Å². The van der Waals surface area contributed by atoms with Crippen LogP contribution in [0.15, 0.2) is 0 Å². The molecule has 0 bridgehead atoms. The summed E-state index contributed by atoms with van der Waals surface area (Å²) < 4.78 is 5.36. The van der Waals surface area contributed by atoms with Gasteiger partial charge in [-0.3, -0.25) is 0 Å². The predicted octanol–water partition coefficient (Wildman–Crippen LogP) is 2.62. The first-order chi connectivity index (χ1) is 9.63. The summed E-state index contributed by atoms with van der Waals surface area (Å²) >= 11 is 0. The summed E-state index contributed by atoms with van der Waals surface area (Å²) in [6.45, 7) is 9.61. The lowest BCUT2D eigenvalue weighted by molar-refractivity contribution is 0.0552. The summed E-state index contributed by atoms with van der Waals surface area (Å²) in [4.78, 5) is 2.70. The van der Waals surface area contributed by atoms with E-state index >= 15 is 0 Å². The van der Waals surface area contributed by atoms with Crippen molar-refractivity contribution >= 4 is 0 Å². The minimum Gasteiger partial charge on any atom is -0.384 e. The van der Waals surface area contributed by atoms with E-state index in [9.17, 15) is 0 Å². The Morgan fingerprint density at radius 1 is 1.25 bits per heavy atom. The second-order valence-corrected chi connectivity index (χ2v) is 7.34. The van der Waals surface area contributed by atoms with Crippen LogP contribution in [0.4, 0.5) is 0 Å². The highest BCUT2D eigenvalue weighted by Crippen LogP contribution is 2.34. The summed E-state index contributed by atoms with van der Waals surface area (Å²) in [5.74, 6) is 3.29. The molecule has 0 spiro atoms. The zero-order chi connectivity index (χ0) is 14.5. The molecule has 1 N–H and O–H groups in total. The fraction of sp³-hybridized carbons (Fsp3) is 1.00. The Kier molecular flexibility index (Phi) is 6.31. The molecule has 0 aromatic carbocycles. The highest BCUT2D eigenvalue weighted by Gasteiger charge is 2.34. The van der Waals surface area contributed by atoms with Crippen molar-refractivity contribution in [3.05, 3.63) is 0 Å². The molecule has 5 unspecified atom stereocenters. The van der Waals surface area contributed by atoms with E-state index in [0.717, 1.165) is 30.3 Å². The van der Waals surface area contributed by atoms with Gasteiger partial charge in [-0.2, -0.15) is 0 Å². The van der Waals surface area contributed by atoms with Gasteiger partial charge < -0.3 is 15.0 Å². The monoisotopic (exact) mass is 282 g/mol. The van der Waals surface area contributed by atoms with Crippen LogP contribution in [0.2, 0.25) is 0 Å². The second-order valence-electron chi connectivity index (χ2n) is 7.34. The molecule has 1 heterocycles. The zero-order valence-electron chi connectivity index (χ0n) is 13.9. The van der Waals surface area contributed by atoms with Crippen LogP contribution in [0.1, 0.15) is 39.5 Å². The quantitative estimate of drug-likeness (QED) is 0.839. The van der Waals surface area contributed by atoms with Crippen molar-refractivity contribution in [1.29, 1.82) is 0 Å². The van der Waals surface area contributed by atoms with Gasteiger partial charge in [-0.05, 0) is 62.9 Å². The van der Waals surface area contributed by atoms with Crippen LogP contribution >= 0.6 is 0 Å². The van der Waals surface area contributed by atoms with E-state index in [-0.39, 0.29) is 0 Å². The average Bonchev–Trinajstić information content (AvgIpc) is 2.42. The van der Waals surface area contributed by atoms with Gasteiger partial charge in [0, 0.05) is 26.2 Å². The maximum absolute atomic E-state index is 5.36. The summed E-state index contributed by atoms with van der Waals surface area (Å²) in [6, 6.07) is 0.705. The van der Waals surface area contributed by atoms with Crippen LogP contribution in [-0.2, 0) is 4.74 Å². The Labute approximate surface area is 125 Å². The Hall–Kier alpha value is -0.120. The first-order valence-corrected chi connectivity index (χ1v) is 8.52. The van der Waals surface area contributed by atoms with Crippen molar-refractivity contribution in [1.82, 2.24) is 10.2 Å². The number of ether oxygens (including phenoxy) is 1. The average molecular weight is 282 g/mol. The zero-order valence-corrected chi connectivity index (χ0v) is 13.9. The SMILES string of the molecule is CNC1CC(C)CC(C)C1CN1CCCC(COC)C1. The van der Waals surface area contributed by atoms with E-state index in [1.807, 2.05) is 7.11 Å². The van der Waals surface area contributed by atoms with Crippen molar-refractivity contribution in [2.45, 2.75) is 45.6 Å². The van der Waals surface area contributed by atoms with Gasteiger partial charge in [0.1, 0.15) is 0 Å². The summed E-state index contributed by atoms with van der Waals surface area (Å²) in [5, 5.41) is 3.59. The fourth-order valence-corrected chi connectivity index (χ4v) is 4.54. The van der Waals surface area contributed by atoms with E-state index in [1.165, 1.54) is 45.3 Å². The first-order valence-electron chi connectivity index (χ1n) is 8.52. The smallest absolute Gasteiger partial charge is 0.0502 e. The van der Waals surface area contributed by atoms with Crippen LogP contribution in [0.25, 0.3) is 0 Å². The number of hydrogen-bond acceptors (Lipinski definition) is 3. The van der Waals surface area contributed by atoms with Gasteiger partial charge in [-0.1, -0.05) is 13.8 Å². The van der Waals surface area contributed by atoms with Gasteiger partial charge in [-0.25, -0.2) is 0 Å². The third kappa shape index (κ3) is 4.19. The van der Waals surface area contributed by atoms with Crippen LogP contribution < -0.4 is 5.32 Å². The molecule has 1 saturated carbocycles. The number of nitrogens with one attached hydrogen (secondary N) is 1. The van der Waals surface area contributed by atoms with Crippen molar-refractivity contribution in [2.24, 2.45) is 23.7 Å². The first kappa shape index (κ1) is 16.3. The minimum atomic E-state index is 0.705. The van der Waals surface area contributed by atoms with Gasteiger partial charge in [-0.15, -0.1) is 0 Å². The van der Waals surface area contributed by atoms with E-state index in [0.29, 0.717) is 6.04 Å². The highest BCUT2D eigenvalue weighted by atomic mass is 16.5. The third-order valence-electron chi connectivity index (χ3n) is 5.52. The van der Waals surface area contributed by atoms with Crippen molar-refractivity contribution < 1.29 is 4.74 Å². The van der Waals surface area contributed by atoms with Crippen molar-refractivity contribution in [3.8, 4) is 0 Å². The van der Waals surface area contributed by atoms with Gasteiger partial charge >= 0.3 is 0 Å². The lowest BCUT2D eigenvalue weighted by Gasteiger charge is -2.43. The van der Waals surface area contributed by atoms with E-state index in [4.69, 9.17) is 4.74 Å². The Bertz CT molecular complexity index is 282. The molecule has 2 fully saturated rings. The molecule has 0 amide bonds.